The van der Waals surface area contributed by atoms with Gasteiger partial charge in [0, 0.05) is 5.70 Å². The molecule has 0 aromatic carbocycles. The molecule has 7 heavy (non-hydrogen) atoms. The average Bonchev–Trinajstić information content (AvgIpc) is 1.65. The molecule has 0 amide bonds. The Labute approximate surface area is 49.0 Å². The summed E-state index contributed by atoms with van der Waals surface area (Å²) in [5.74, 6) is 0. The Morgan fingerprint density at radius 2 is 1.86 bits per heavy atom. The van der Waals surface area contributed by atoms with Crippen molar-refractivity contribution < 1.29 is 0 Å². The van der Waals surface area contributed by atoms with Gasteiger partial charge in [0.1, 0.15) is 0 Å². The highest BCUT2D eigenvalue weighted by atomic mass is 32.2. The molecule has 0 heterocycles. The zero-order valence-corrected chi connectivity index (χ0v) is 5.80. The molecule has 0 fully saturated rings. The van der Waals surface area contributed by atoms with E-state index in [0.717, 1.165) is 5.70 Å². The maximum Gasteiger partial charge on any atom is 0.0142 e. The van der Waals surface area contributed by atoms with E-state index in [1.54, 1.807) is 11.8 Å². The number of hydrogen-bond acceptors (Lipinski definition) is 2. The van der Waals surface area contributed by atoms with Crippen LogP contribution in [0.5, 0.6) is 0 Å². The SMILES string of the molecule is CS/C(C)=C(/C)N. The van der Waals surface area contributed by atoms with Crippen molar-refractivity contribution >= 4 is 11.8 Å². The van der Waals surface area contributed by atoms with Crippen LogP contribution in [0.1, 0.15) is 13.8 Å². The van der Waals surface area contributed by atoms with Crippen LogP contribution in [0.3, 0.4) is 0 Å². The van der Waals surface area contributed by atoms with Crippen molar-refractivity contribution in [3.8, 4) is 0 Å². The lowest BCUT2D eigenvalue weighted by molar-refractivity contribution is 1.28. The maximum absolute atomic E-state index is 5.41. The van der Waals surface area contributed by atoms with Crippen molar-refractivity contribution in [2.45, 2.75) is 13.8 Å². The van der Waals surface area contributed by atoms with Gasteiger partial charge in [0.25, 0.3) is 0 Å². The van der Waals surface area contributed by atoms with Crippen LogP contribution in [0.15, 0.2) is 10.6 Å². The molecular weight excluding hydrogens is 106 g/mol. The summed E-state index contributed by atoms with van der Waals surface area (Å²) >= 11 is 1.69. The van der Waals surface area contributed by atoms with Gasteiger partial charge in [-0.3, -0.25) is 0 Å². The van der Waals surface area contributed by atoms with E-state index in [2.05, 4.69) is 0 Å². The van der Waals surface area contributed by atoms with Gasteiger partial charge in [-0.25, -0.2) is 0 Å². The Morgan fingerprint density at radius 3 is 1.86 bits per heavy atom. The molecule has 0 aromatic heterocycles. The second-order valence-electron chi connectivity index (χ2n) is 1.44. The largest absolute Gasteiger partial charge is 0.402 e. The van der Waals surface area contributed by atoms with Crippen LogP contribution in [-0.4, -0.2) is 6.26 Å². The molecule has 0 unspecified atom stereocenters. The molecule has 0 saturated heterocycles. The third-order valence-electron chi connectivity index (χ3n) is 0.862. The summed E-state index contributed by atoms with van der Waals surface area (Å²) in [6, 6.07) is 0. The molecule has 0 saturated carbocycles. The maximum atomic E-state index is 5.41. The molecule has 0 bridgehead atoms. The third-order valence-corrected chi connectivity index (χ3v) is 1.80. The summed E-state index contributed by atoms with van der Waals surface area (Å²) in [4.78, 5) is 1.21. The fraction of sp³-hybridized carbons (Fsp3) is 0.600. The van der Waals surface area contributed by atoms with Gasteiger partial charge in [0.15, 0.2) is 0 Å². The van der Waals surface area contributed by atoms with Gasteiger partial charge in [-0.15, -0.1) is 11.8 Å². The van der Waals surface area contributed by atoms with E-state index < -0.39 is 0 Å². The highest BCUT2D eigenvalue weighted by Gasteiger charge is 1.84. The van der Waals surface area contributed by atoms with Crippen molar-refractivity contribution in [1.82, 2.24) is 0 Å². The smallest absolute Gasteiger partial charge is 0.0142 e. The molecule has 0 aliphatic heterocycles. The minimum atomic E-state index is 0.924. The number of allylic oxidation sites excluding steroid dienone is 2. The van der Waals surface area contributed by atoms with Gasteiger partial charge in [0.05, 0.1) is 0 Å². The lowest BCUT2D eigenvalue weighted by atomic mass is 10.5. The minimum Gasteiger partial charge on any atom is -0.402 e. The Hall–Kier alpha value is -0.110. The molecule has 0 aliphatic carbocycles. The molecule has 0 radical (unpaired) electrons. The van der Waals surface area contributed by atoms with Crippen LogP contribution in [0, 0.1) is 0 Å². The summed E-state index contributed by atoms with van der Waals surface area (Å²) in [6.07, 6.45) is 2.02. The van der Waals surface area contributed by atoms with E-state index in [-0.39, 0.29) is 0 Å². The first-order valence-corrected chi connectivity index (χ1v) is 3.38. The predicted octanol–water partition coefficient (Wildman–Crippen LogP) is 1.56. The van der Waals surface area contributed by atoms with Gasteiger partial charge in [-0.1, -0.05) is 0 Å². The fourth-order valence-electron chi connectivity index (χ4n) is 0.161. The van der Waals surface area contributed by atoms with E-state index >= 15 is 0 Å². The van der Waals surface area contributed by atoms with E-state index in [1.807, 2.05) is 20.1 Å². The normalized spacial score (nSPS) is 13.6. The Morgan fingerprint density at radius 1 is 1.43 bits per heavy atom. The Kier molecular flexibility index (Phi) is 2.92. The number of thioether (sulfide) groups is 1. The van der Waals surface area contributed by atoms with Crippen LogP contribution < -0.4 is 5.73 Å². The first-order chi connectivity index (χ1) is 3.18. The van der Waals surface area contributed by atoms with Gasteiger partial charge in [0.2, 0.25) is 0 Å². The zero-order valence-electron chi connectivity index (χ0n) is 4.99. The summed E-state index contributed by atoms with van der Waals surface area (Å²) in [5, 5.41) is 0. The lowest BCUT2D eigenvalue weighted by Crippen LogP contribution is -1.91. The molecule has 42 valence electrons. The van der Waals surface area contributed by atoms with Crippen molar-refractivity contribution in [1.29, 1.82) is 0 Å². The summed E-state index contributed by atoms with van der Waals surface area (Å²) in [5.41, 5.74) is 6.33. The van der Waals surface area contributed by atoms with E-state index in [1.165, 1.54) is 4.91 Å². The fourth-order valence-corrected chi connectivity index (χ4v) is 0.483. The first-order valence-electron chi connectivity index (χ1n) is 2.15. The second-order valence-corrected chi connectivity index (χ2v) is 2.46. The highest BCUT2D eigenvalue weighted by molar-refractivity contribution is 8.02. The minimum absolute atomic E-state index is 0.924. The number of nitrogens with two attached hydrogens (primary N) is 1. The second kappa shape index (κ2) is 2.97. The molecular formula is C5H11NS. The number of hydrogen-bond donors (Lipinski definition) is 1. The molecule has 0 aromatic rings. The van der Waals surface area contributed by atoms with Crippen molar-refractivity contribution in [3.05, 3.63) is 10.6 Å². The predicted molar refractivity (Wildman–Crippen MR) is 36.1 cm³/mol. The molecule has 2 heteroatoms. The summed E-state index contributed by atoms with van der Waals surface area (Å²) in [7, 11) is 0. The summed E-state index contributed by atoms with van der Waals surface area (Å²) in [6.45, 7) is 3.92. The lowest BCUT2D eigenvalue weighted by Gasteiger charge is -1.94. The van der Waals surface area contributed by atoms with Crippen LogP contribution in [-0.2, 0) is 0 Å². The molecule has 0 rings (SSSR count). The van der Waals surface area contributed by atoms with Crippen LogP contribution >= 0.6 is 11.8 Å². The highest BCUT2D eigenvalue weighted by Crippen LogP contribution is 2.10. The molecule has 0 spiro atoms. The monoisotopic (exact) mass is 117 g/mol. The van der Waals surface area contributed by atoms with Crippen LogP contribution in [0.4, 0.5) is 0 Å². The molecule has 0 aliphatic rings. The first kappa shape index (κ1) is 6.89. The van der Waals surface area contributed by atoms with Crippen molar-refractivity contribution in [2.75, 3.05) is 6.26 Å². The Bertz CT molecular complexity index is 82.1. The third kappa shape index (κ3) is 2.57. The topological polar surface area (TPSA) is 26.0 Å². The summed E-state index contributed by atoms with van der Waals surface area (Å²) < 4.78 is 0. The van der Waals surface area contributed by atoms with Crippen molar-refractivity contribution in [2.24, 2.45) is 5.73 Å². The molecule has 0 atom stereocenters. The van der Waals surface area contributed by atoms with Crippen molar-refractivity contribution in [3.63, 3.8) is 0 Å². The van der Waals surface area contributed by atoms with Crippen LogP contribution in [0.25, 0.3) is 0 Å². The van der Waals surface area contributed by atoms with E-state index in [0.29, 0.717) is 0 Å². The Balaban J connectivity index is 3.72. The van der Waals surface area contributed by atoms with E-state index in [4.69, 9.17) is 5.73 Å². The van der Waals surface area contributed by atoms with Gasteiger partial charge in [-0.05, 0) is 25.0 Å². The van der Waals surface area contributed by atoms with Gasteiger partial charge < -0.3 is 5.73 Å². The van der Waals surface area contributed by atoms with Crippen LogP contribution in [0.2, 0.25) is 0 Å². The standard InChI is InChI=1S/C5H11NS/c1-4(6)5(2)7-3/h6H2,1-3H3/b5-4-. The number of rotatable bonds is 1. The molecule has 1 nitrogen and oxygen atoms in total. The quantitative estimate of drug-likeness (QED) is 0.564. The zero-order chi connectivity index (χ0) is 5.86. The molecule has 2 N–H and O–H groups in total. The van der Waals surface area contributed by atoms with E-state index in [9.17, 15) is 0 Å². The van der Waals surface area contributed by atoms with Gasteiger partial charge >= 0.3 is 0 Å². The average molecular weight is 117 g/mol. The van der Waals surface area contributed by atoms with Gasteiger partial charge in [-0.2, -0.15) is 0 Å².